The van der Waals surface area contributed by atoms with Gasteiger partial charge in [-0.25, -0.2) is 0 Å². The second-order valence-corrected chi connectivity index (χ2v) is 2.56. The number of benzene rings is 1. The molecule has 0 radical (unpaired) electrons. The van der Waals surface area contributed by atoms with E-state index in [0.717, 1.165) is 5.56 Å². The van der Waals surface area contributed by atoms with Gasteiger partial charge in [0.2, 0.25) is 11.5 Å². The monoisotopic (exact) mass is 187 g/mol. The molecule has 1 aromatic carbocycles. The van der Waals surface area contributed by atoms with Crippen molar-refractivity contribution in [2.75, 3.05) is 0 Å². The molecule has 0 atom stereocenters. The van der Waals surface area contributed by atoms with E-state index < -0.39 is 0 Å². The standard InChI is InChI=1S/C7H6ClNOS/c8-5-6-1-3-7(4-2-6)9-11-10/h1-4H,5H2. The fraction of sp³-hybridized carbons (Fsp3) is 0.143. The highest BCUT2D eigenvalue weighted by molar-refractivity contribution is 7.54. The Morgan fingerprint density at radius 3 is 2.45 bits per heavy atom. The summed E-state index contributed by atoms with van der Waals surface area (Å²) in [6, 6.07) is 7.23. The second kappa shape index (κ2) is 4.26. The zero-order valence-corrected chi connectivity index (χ0v) is 7.23. The third-order valence-electron chi connectivity index (χ3n) is 1.23. The summed E-state index contributed by atoms with van der Waals surface area (Å²) in [6.45, 7) is 0. The van der Waals surface area contributed by atoms with Gasteiger partial charge >= 0.3 is 0 Å². The van der Waals surface area contributed by atoms with Crippen molar-refractivity contribution in [2.24, 2.45) is 4.36 Å². The molecule has 0 saturated heterocycles. The molecule has 58 valence electrons. The SMILES string of the molecule is O=S=Nc1ccc(CCl)cc1. The fourth-order valence-electron chi connectivity index (χ4n) is 0.689. The molecular weight excluding hydrogens is 182 g/mol. The first-order chi connectivity index (χ1) is 5.36. The molecule has 1 aromatic rings. The summed E-state index contributed by atoms with van der Waals surface area (Å²) >= 11 is 5.77. The molecule has 11 heavy (non-hydrogen) atoms. The summed E-state index contributed by atoms with van der Waals surface area (Å²) < 4.78 is 13.6. The smallest absolute Gasteiger partial charge is 0.191 e. The first kappa shape index (κ1) is 8.43. The zero-order valence-electron chi connectivity index (χ0n) is 5.66. The van der Waals surface area contributed by atoms with E-state index >= 15 is 0 Å². The Morgan fingerprint density at radius 2 is 2.00 bits per heavy atom. The molecule has 0 spiro atoms. The van der Waals surface area contributed by atoms with E-state index in [1.807, 2.05) is 12.1 Å². The van der Waals surface area contributed by atoms with E-state index in [4.69, 9.17) is 11.6 Å². The molecular formula is C7H6ClNOS. The number of halogens is 1. The van der Waals surface area contributed by atoms with Gasteiger partial charge < -0.3 is 0 Å². The van der Waals surface area contributed by atoms with E-state index in [0.29, 0.717) is 11.6 Å². The van der Waals surface area contributed by atoms with Gasteiger partial charge in [-0.1, -0.05) is 12.1 Å². The van der Waals surface area contributed by atoms with Gasteiger partial charge in [0.05, 0.1) is 5.69 Å². The molecule has 1 rings (SSSR count). The third kappa shape index (κ3) is 2.44. The molecule has 0 N–H and O–H groups in total. The highest BCUT2D eigenvalue weighted by Crippen LogP contribution is 2.13. The Kier molecular flexibility index (Phi) is 3.26. The van der Waals surface area contributed by atoms with Crippen LogP contribution in [0.3, 0.4) is 0 Å². The molecule has 0 fully saturated rings. The topological polar surface area (TPSA) is 29.4 Å². The van der Waals surface area contributed by atoms with Gasteiger partial charge in [-0.05, 0) is 17.7 Å². The van der Waals surface area contributed by atoms with Crippen LogP contribution in [0, 0.1) is 0 Å². The van der Waals surface area contributed by atoms with Crippen LogP contribution < -0.4 is 0 Å². The maximum absolute atomic E-state index is 9.98. The van der Waals surface area contributed by atoms with Gasteiger partial charge in [0.25, 0.3) is 0 Å². The van der Waals surface area contributed by atoms with Crippen molar-refractivity contribution in [3.63, 3.8) is 0 Å². The summed E-state index contributed by atoms with van der Waals surface area (Å²) in [5.74, 6) is 0.491. The molecule has 2 nitrogen and oxygen atoms in total. The van der Waals surface area contributed by atoms with Crippen LogP contribution in [0.5, 0.6) is 0 Å². The van der Waals surface area contributed by atoms with Crippen LogP contribution in [0.2, 0.25) is 0 Å². The maximum atomic E-state index is 9.98. The summed E-state index contributed by atoms with van der Waals surface area (Å²) in [5.41, 5.74) is 1.71. The highest BCUT2D eigenvalue weighted by atomic mass is 35.5. The zero-order chi connectivity index (χ0) is 8.10. The summed E-state index contributed by atoms with van der Waals surface area (Å²) in [7, 11) is 0. The predicted molar refractivity (Wildman–Crippen MR) is 46.2 cm³/mol. The first-order valence-electron chi connectivity index (χ1n) is 3.02. The lowest BCUT2D eigenvalue weighted by atomic mass is 10.2. The Morgan fingerprint density at radius 1 is 1.36 bits per heavy atom. The lowest BCUT2D eigenvalue weighted by molar-refractivity contribution is 0.698. The van der Waals surface area contributed by atoms with Crippen molar-refractivity contribution in [1.82, 2.24) is 0 Å². The lowest BCUT2D eigenvalue weighted by Crippen LogP contribution is -1.73. The molecule has 0 bridgehead atoms. The number of nitrogens with zero attached hydrogens (tertiary/aromatic N) is 1. The van der Waals surface area contributed by atoms with Gasteiger partial charge in [-0.3, -0.25) is 0 Å². The van der Waals surface area contributed by atoms with Gasteiger partial charge in [-0.2, -0.15) is 8.57 Å². The van der Waals surface area contributed by atoms with Crippen molar-refractivity contribution in [2.45, 2.75) is 5.88 Å². The molecule has 0 aliphatic heterocycles. The van der Waals surface area contributed by atoms with Crippen molar-refractivity contribution in [1.29, 1.82) is 0 Å². The number of alkyl halides is 1. The normalized spacial score (nSPS) is 9.18. The van der Waals surface area contributed by atoms with E-state index in [2.05, 4.69) is 4.36 Å². The maximum Gasteiger partial charge on any atom is 0.205 e. The summed E-state index contributed by atoms with van der Waals surface area (Å²) in [6.07, 6.45) is 0. The minimum atomic E-state index is 0.210. The van der Waals surface area contributed by atoms with Crippen LogP contribution in [0.1, 0.15) is 5.56 Å². The van der Waals surface area contributed by atoms with Crippen LogP contribution >= 0.6 is 11.6 Å². The summed E-state index contributed by atoms with van der Waals surface area (Å²) in [4.78, 5) is 0. The van der Waals surface area contributed by atoms with Crippen LogP contribution in [0.15, 0.2) is 28.6 Å². The van der Waals surface area contributed by atoms with E-state index in [1.54, 1.807) is 12.1 Å². The highest BCUT2D eigenvalue weighted by Gasteiger charge is 1.89. The average Bonchev–Trinajstić information content (AvgIpc) is 2.07. The molecule has 0 aromatic heterocycles. The minimum Gasteiger partial charge on any atom is -0.191 e. The Hall–Kier alpha value is -0.670. The van der Waals surface area contributed by atoms with Crippen LogP contribution in [-0.4, -0.2) is 4.21 Å². The third-order valence-corrected chi connectivity index (χ3v) is 1.83. The molecule has 0 aliphatic rings. The molecule has 0 unspecified atom stereocenters. The average molecular weight is 188 g/mol. The molecule has 4 heteroatoms. The quantitative estimate of drug-likeness (QED) is 0.654. The number of rotatable bonds is 2. The minimum absolute atomic E-state index is 0.210. The van der Waals surface area contributed by atoms with E-state index in [-0.39, 0.29) is 11.5 Å². The van der Waals surface area contributed by atoms with Crippen molar-refractivity contribution in [3.05, 3.63) is 29.8 Å². The van der Waals surface area contributed by atoms with Crippen molar-refractivity contribution >= 4 is 28.8 Å². The second-order valence-electron chi connectivity index (χ2n) is 1.97. The van der Waals surface area contributed by atoms with Gasteiger partial charge in [0, 0.05) is 5.88 Å². The number of hydrogen-bond acceptors (Lipinski definition) is 2. The molecule has 0 amide bonds. The molecule has 0 heterocycles. The molecule has 0 aliphatic carbocycles. The summed E-state index contributed by atoms with van der Waals surface area (Å²) in [5, 5.41) is 0. The van der Waals surface area contributed by atoms with Gasteiger partial charge in [-0.15, -0.1) is 11.6 Å². The van der Waals surface area contributed by atoms with Crippen molar-refractivity contribution in [3.8, 4) is 0 Å². The Labute approximate surface area is 73.4 Å². The Balaban J connectivity index is 2.91. The van der Waals surface area contributed by atoms with Crippen molar-refractivity contribution < 1.29 is 4.21 Å². The van der Waals surface area contributed by atoms with Gasteiger partial charge in [0.1, 0.15) is 0 Å². The van der Waals surface area contributed by atoms with Crippen LogP contribution in [0.4, 0.5) is 5.69 Å². The lowest BCUT2D eigenvalue weighted by Gasteiger charge is -1.92. The van der Waals surface area contributed by atoms with Crippen LogP contribution in [0.25, 0.3) is 0 Å². The first-order valence-corrected chi connectivity index (χ1v) is 4.25. The molecule has 0 saturated carbocycles. The van der Waals surface area contributed by atoms with Crippen LogP contribution in [-0.2, 0) is 17.3 Å². The number of hydrogen-bond donors (Lipinski definition) is 0. The van der Waals surface area contributed by atoms with E-state index in [9.17, 15) is 4.21 Å². The Bertz CT molecular complexity index is 279. The largest absolute Gasteiger partial charge is 0.205 e. The van der Waals surface area contributed by atoms with E-state index in [1.165, 1.54) is 0 Å². The van der Waals surface area contributed by atoms with Gasteiger partial charge in [0.15, 0.2) is 0 Å². The predicted octanol–water partition coefficient (Wildman–Crippen LogP) is 2.45. The fourth-order valence-corrected chi connectivity index (χ4v) is 1.07.